The van der Waals surface area contributed by atoms with Gasteiger partial charge in [0.25, 0.3) is 0 Å². The second-order valence-electron chi connectivity index (χ2n) is 9.53. The first kappa shape index (κ1) is 20.7. The third kappa shape index (κ3) is 3.49. The Morgan fingerprint density at radius 2 is 1.81 bits per heavy atom. The normalized spacial score (nSPS) is 27.2. The van der Waals surface area contributed by atoms with E-state index in [0.717, 1.165) is 36.1 Å². The molecule has 2 bridgehead atoms. The van der Waals surface area contributed by atoms with Crippen molar-refractivity contribution >= 4 is 0 Å². The molecule has 2 aromatic rings. The van der Waals surface area contributed by atoms with Crippen LogP contribution >= 0.6 is 0 Å². The maximum atomic E-state index is 5.61. The first-order valence-corrected chi connectivity index (χ1v) is 11.8. The summed E-state index contributed by atoms with van der Waals surface area (Å²) < 4.78 is 16.5. The van der Waals surface area contributed by atoms with E-state index in [1.165, 1.54) is 50.6 Å². The summed E-state index contributed by atoms with van der Waals surface area (Å²) in [5, 5.41) is 0. The molecule has 5 rings (SSSR count). The van der Waals surface area contributed by atoms with Gasteiger partial charge in [0.15, 0.2) is 11.5 Å². The van der Waals surface area contributed by atoms with Gasteiger partial charge in [-0.3, -0.25) is 4.90 Å². The number of nitrogens with zero attached hydrogens (tertiary/aromatic N) is 1. The fraction of sp³-hybridized carbons (Fsp3) is 0.556. The van der Waals surface area contributed by atoms with Gasteiger partial charge < -0.3 is 14.2 Å². The minimum Gasteiger partial charge on any atom is -0.497 e. The van der Waals surface area contributed by atoms with Gasteiger partial charge >= 0.3 is 0 Å². The number of ether oxygens (including phenoxy) is 3. The van der Waals surface area contributed by atoms with Crippen LogP contribution in [0, 0.1) is 5.92 Å². The Kier molecular flexibility index (Phi) is 5.60. The third-order valence-electron chi connectivity index (χ3n) is 8.29. The van der Waals surface area contributed by atoms with E-state index in [9.17, 15) is 0 Å². The van der Waals surface area contributed by atoms with E-state index in [-0.39, 0.29) is 0 Å². The lowest BCUT2D eigenvalue weighted by molar-refractivity contribution is -0.0107. The standard InChI is InChI=1S/C27H35NO3/c1-29-21-9-8-20-17-24-22-6-4-5-12-27(22,23(20)18-21)13-15-28(24)14-11-19-7-10-25(30-2)26(16-19)31-3/h7-10,16,18,22,24H,4-6,11-15,17H2,1-3H3/t22-,24-,27+/m0/s1. The highest BCUT2D eigenvalue weighted by atomic mass is 16.5. The molecule has 2 aliphatic carbocycles. The second kappa shape index (κ2) is 8.38. The van der Waals surface area contributed by atoms with Crippen LogP contribution in [0.15, 0.2) is 36.4 Å². The van der Waals surface area contributed by atoms with Crippen molar-refractivity contribution in [2.45, 2.75) is 56.4 Å². The summed E-state index contributed by atoms with van der Waals surface area (Å²) in [4.78, 5) is 2.79. The summed E-state index contributed by atoms with van der Waals surface area (Å²) in [7, 11) is 5.20. The number of hydrogen-bond donors (Lipinski definition) is 0. The summed E-state index contributed by atoms with van der Waals surface area (Å²) in [6.07, 6.45) is 8.97. The summed E-state index contributed by atoms with van der Waals surface area (Å²) in [5.74, 6) is 3.42. The molecule has 0 N–H and O–H groups in total. The summed E-state index contributed by atoms with van der Waals surface area (Å²) >= 11 is 0. The molecule has 166 valence electrons. The lowest BCUT2D eigenvalue weighted by Crippen LogP contribution is -2.61. The second-order valence-corrected chi connectivity index (χ2v) is 9.53. The summed E-state index contributed by atoms with van der Waals surface area (Å²) in [6, 6.07) is 13.9. The minimum atomic E-state index is 0.366. The zero-order valence-electron chi connectivity index (χ0n) is 19.2. The zero-order valence-corrected chi connectivity index (χ0v) is 19.2. The van der Waals surface area contributed by atoms with Gasteiger partial charge in [-0.05, 0) is 85.5 Å². The topological polar surface area (TPSA) is 30.9 Å². The molecule has 1 saturated heterocycles. The van der Waals surface area contributed by atoms with Gasteiger partial charge in [0, 0.05) is 18.0 Å². The van der Waals surface area contributed by atoms with Gasteiger partial charge in [0.1, 0.15) is 5.75 Å². The monoisotopic (exact) mass is 421 g/mol. The quantitative estimate of drug-likeness (QED) is 0.656. The van der Waals surface area contributed by atoms with Crippen LogP contribution in [0.4, 0.5) is 0 Å². The molecule has 2 aromatic carbocycles. The van der Waals surface area contributed by atoms with Crippen LogP contribution in [0.25, 0.3) is 0 Å². The van der Waals surface area contributed by atoms with Crippen molar-refractivity contribution < 1.29 is 14.2 Å². The molecule has 1 saturated carbocycles. The van der Waals surface area contributed by atoms with Crippen molar-refractivity contribution in [1.82, 2.24) is 4.90 Å². The first-order valence-electron chi connectivity index (χ1n) is 11.8. The maximum absolute atomic E-state index is 5.61. The van der Waals surface area contributed by atoms with Crippen molar-refractivity contribution in [3.63, 3.8) is 0 Å². The number of fused-ring (bicyclic) bond motifs is 1. The van der Waals surface area contributed by atoms with E-state index in [1.807, 2.05) is 6.07 Å². The largest absolute Gasteiger partial charge is 0.497 e. The van der Waals surface area contributed by atoms with E-state index < -0.39 is 0 Å². The van der Waals surface area contributed by atoms with Gasteiger partial charge in [-0.25, -0.2) is 0 Å². The maximum Gasteiger partial charge on any atom is 0.160 e. The number of hydrogen-bond acceptors (Lipinski definition) is 4. The van der Waals surface area contributed by atoms with Crippen molar-refractivity contribution in [1.29, 1.82) is 0 Å². The average Bonchev–Trinajstić information content (AvgIpc) is 2.83. The van der Waals surface area contributed by atoms with Crippen molar-refractivity contribution in [2.75, 3.05) is 34.4 Å². The Balaban J connectivity index is 1.39. The van der Waals surface area contributed by atoms with Crippen LogP contribution in [0.5, 0.6) is 17.2 Å². The van der Waals surface area contributed by atoms with E-state index in [4.69, 9.17) is 14.2 Å². The smallest absolute Gasteiger partial charge is 0.160 e. The molecule has 4 nitrogen and oxygen atoms in total. The van der Waals surface area contributed by atoms with E-state index in [2.05, 4.69) is 35.2 Å². The van der Waals surface area contributed by atoms with Crippen LogP contribution in [0.3, 0.4) is 0 Å². The fourth-order valence-corrected chi connectivity index (χ4v) is 6.78. The van der Waals surface area contributed by atoms with Crippen LogP contribution in [0.2, 0.25) is 0 Å². The van der Waals surface area contributed by atoms with Gasteiger partial charge in [-0.15, -0.1) is 0 Å². The molecule has 3 aliphatic rings. The SMILES string of the molecule is COc1ccc2c(c1)[C@@]13CCCC[C@H]1[C@H](C2)N(CCc1ccc(OC)c(OC)c1)CC3. The average molecular weight is 422 g/mol. The van der Waals surface area contributed by atoms with Gasteiger partial charge in [0.2, 0.25) is 0 Å². The van der Waals surface area contributed by atoms with Crippen LogP contribution in [0.1, 0.15) is 48.8 Å². The van der Waals surface area contributed by atoms with E-state index in [1.54, 1.807) is 32.5 Å². The lowest BCUT2D eigenvalue weighted by atomic mass is 9.52. The zero-order chi connectivity index (χ0) is 21.4. The highest BCUT2D eigenvalue weighted by Gasteiger charge is 2.53. The van der Waals surface area contributed by atoms with Crippen LogP contribution < -0.4 is 14.2 Å². The molecular formula is C27H35NO3. The molecule has 0 unspecified atom stereocenters. The lowest BCUT2D eigenvalue weighted by Gasteiger charge is -2.59. The molecule has 1 aliphatic heterocycles. The predicted octanol–water partition coefficient (Wildman–Crippen LogP) is 5.01. The highest BCUT2D eigenvalue weighted by Crippen LogP contribution is 2.56. The van der Waals surface area contributed by atoms with Gasteiger partial charge in [0.05, 0.1) is 21.3 Å². The first-order chi connectivity index (χ1) is 15.2. The van der Waals surface area contributed by atoms with Crippen molar-refractivity contribution in [2.24, 2.45) is 5.92 Å². The number of methoxy groups -OCH3 is 3. The summed E-state index contributed by atoms with van der Waals surface area (Å²) in [5.41, 5.74) is 4.84. The molecule has 0 spiro atoms. The van der Waals surface area contributed by atoms with Gasteiger partial charge in [-0.2, -0.15) is 0 Å². The number of rotatable bonds is 6. The molecule has 0 radical (unpaired) electrons. The van der Waals surface area contributed by atoms with Crippen LogP contribution in [-0.4, -0.2) is 45.4 Å². The molecule has 3 atom stereocenters. The molecule has 4 heteroatoms. The van der Waals surface area contributed by atoms with Crippen molar-refractivity contribution in [3.05, 3.63) is 53.1 Å². The van der Waals surface area contributed by atoms with E-state index in [0.29, 0.717) is 11.5 Å². The molecule has 1 heterocycles. The third-order valence-corrected chi connectivity index (χ3v) is 8.29. The predicted molar refractivity (Wildman–Crippen MR) is 124 cm³/mol. The Bertz CT molecular complexity index is 942. The van der Waals surface area contributed by atoms with Crippen molar-refractivity contribution in [3.8, 4) is 17.2 Å². The molecular weight excluding hydrogens is 386 g/mol. The Labute approximate surface area is 186 Å². The number of benzene rings is 2. The highest BCUT2D eigenvalue weighted by molar-refractivity contribution is 5.46. The Morgan fingerprint density at radius 3 is 2.61 bits per heavy atom. The minimum absolute atomic E-state index is 0.366. The van der Waals surface area contributed by atoms with Crippen LogP contribution in [-0.2, 0) is 18.3 Å². The van der Waals surface area contributed by atoms with Gasteiger partial charge in [-0.1, -0.05) is 25.0 Å². The molecule has 2 fully saturated rings. The molecule has 0 amide bonds. The fourth-order valence-electron chi connectivity index (χ4n) is 6.78. The summed E-state index contributed by atoms with van der Waals surface area (Å²) in [6.45, 7) is 2.31. The Morgan fingerprint density at radius 1 is 0.935 bits per heavy atom. The van der Waals surface area contributed by atoms with E-state index >= 15 is 0 Å². The Hall–Kier alpha value is -2.20. The number of piperidine rings is 1. The molecule has 0 aromatic heterocycles. The molecule has 31 heavy (non-hydrogen) atoms. The number of likely N-dealkylation sites (tertiary alicyclic amines) is 1.